The number of hydrogen-bond acceptors (Lipinski definition) is 6. The topological polar surface area (TPSA) is 105 Å². The highest BCUT2D eigenvalue weighted by Gasteiger charge is 2.33. The minimum Gasteiger partial charge on any atom is -0.454 e. The van der Waals surface area contributed by atoms with Gasteiger partial charge in [0.2, 0.25) is 28.6 Å². The second kappa shape index (κ2) is 13.1. The summed E-state index contributed by atoms with van der Waals surface area (Å²) in [7, 11) is -3.90. The molecule has 1 N–H and O–H groups in total. The average molecular weight is 586 g/mol. The number of rotatable bonds is 12. The molecule has 9 nitrogen and oxygen atoms in total. The number of carbonyl (C=O) groups excluding carboxylic acids is 2. The zero-order chi connectivity index (χ0) is 28.7. The standard InChI is InChI=1S/C29H32ClN3O6S/c1-3-15-31-29(35)25(16-21-9-5-4-6-10-21)32(18-22-11-7-8-12-24(22)30)28(34)19-33(40(2,36)37)23-13-14-26-27(17-23)39-20-38-26/h4-14,17,25H,3,15-16,18-20H2,1-2H3,(H,31,35). The van der Waals surface area contributed by atoms with E-state index in [9.17, 15) is 18.0 Å². The summed E-state index contributed by atoms with van der Waals surface area (Å²) in [6.45, 7) is 1.87. The van der Waals surface area contributed by atoms with Crippen LogP contribution < -0.4 is 19.1 Å². The number of anilines is 1. The molecule has 2 amide bonds. The van der Waals surface area contributed by atoms with E-state index in [1.807, 2.05) is 37.3 Å². The molecular weight excluding hydrogens is 554 g/mol. The van der Waals surface area contributed by atoms with Crippen molar-refractivity contribution in [3.8, 4) is 11.5 Å². The van der Waals surface area contributed by atoms with Crippen LogP contribution in [0.1, 0.15) is 24.5 Å². The molecule has 3 aromatic carbocycles. The normalized spacial score (nSPS) is 13.0. The zero-order valence-corrected chi connectivity index (χ0v) is 24.0. The largest absolute Gasteiger partial charge is 0.454 e. The minimum absolute atomic E-state index is 0.00823. The molecule has 0 aliphatic carbocycles. The van der Waals surface area contributed by atoms with E-state index in [2.05, 4.69) is 5.32 Å². The van der Waals surface area contributed by atoms with Gasteiger partial charge in [0.15, 0.2) is 11.5 Å². The number of nitrogens with zero attached hydrogens (tertiary/aromatic N) is 2. The van der Waals surface area contributed by atoms with Gasteiger partial charge in [-0.05, 0) is 35.7 Å². The maximum absolute atomic E-state index is 14.1. The molecule has 1 atom stereocenters. The summed E-state index contributed by atoms with van der Waals surface area (Å²) >= 11 is 6.46. The van der Waals surface area contributed by atoms with Crippen molar-refractivity contribution in [3.05, 3.63) is 88.9 Å². The number of fused-ring (bicyclic) bond motifs is 1. The quantitative estimate of drug-likeness (QED) is 0.344. The van der Waals surface area contributed by atoms with Gasteiger partial charge in [-0.25, -0.2) is 8.42 Å². The van der Waals surface area contributed by atoms with Crippen molar-refractivity contribution in [2.24, 2.45) is 0 Å². The van der Waals surface area contributed by atoms with Crippen molar-refractivity contribution >= 4 is 39.1 Å². The van der Waals surface area contributed by atoms with Crippen molar-refractivity contribution in [1.82, 2.24) is 10.2 Å². The number of carbonyl (C=O) groups is 2. The van der Waals surface area contributed by atoms with E-state index in [1.165, 1.54) is 11.0 Å². The highest BCUT2D eigenvalue weighted by atomic mass is 35.5. The lowest BCUT2D eigenvalue weighted by Gasteiger charge is -2.33. The molecule has 3 aromatic rings. The summed E-state index contributed by atoms with van der Waals surface area (Å²) in [5.41, 5.74) is 1.73. The molecule has 0 aromatic heterocycles. The molecule has 40 heavy (non-hydrogen) atoms. The van der Waals surface area contributed by atoms with Crippen LogP contribution >= 0.6 is 11.6 Å². The maximum Gasteiger partial charge on any atom is 0.244 e. The van der Waals surface area contributed by atoms with Crippen molar-refractivity contribution in [3.63, 3.8) is 0 Å². The Morgan fingerprint density at radius 3 is 2.40 bits per heavy atom. The van der Waals surface area contributed by atoms with E-state index in [4.69, 9.17) is 21.1 Å². The molecule has 0 spiro atoms. The Balaban J connectivity index is 1.72. The molecule has 0 radical (unpaired) electrons. The fraction of sp³-hybridized carbons (Fsp3) is 0.310. The summed E-state index contributed by atoms with van der Waals surface area (Å²) in [5.74, 6) is -0.0255. The van der Waals surface area contributed by atoms with E-state index in [-0.39, 0.29) is 31.4 Å². The lowest BCUT2D eigenvalue weighted by atomic mass is 10.0. The van der Waals surface area contributed by atoms with Gasteiger partial charge >= 0.3 is 0 Å². The molecule has 0 fully saturated rings. The Labute approximate surface area is 239 Å². The monoisotopic (exact) mass is 585 g/mol. The highest BCUT2D eigenvalue weighted by molar-refractivity contribution is 7.92. The average Bonchev–Trinajstić information content (AvgIpc) is 3.41. The summed E-state index contributed by atoms with van der Waals surface area (Å²) in [6.07, 6.45) is 1.97. The highest BCUT2D eigenvalue weighted by Crippen LogP contribution is 2.36. The predicted octanol–water partition coefficient (Wildman–Crippen LogP) is 4.00. The number of nitrogens with one attached hydrogen (secondary N) is 1. The van der Waals surface area contributed by atoms with Crippen LogP contribution in [0.4, 0.5) is 5.69 Å². The smallest absolute Gasteiger partial charge is 0.244 e. The van der Waals surface area contributed by atoms with Gasteiger partial charge in [0, 0.05) is 30.6 Å². The predicted molar refractivity (Wildman–Crippen MR) is 154 cm³/mol. The van der Waals surface area contributed by atoms with E-state index in [0.29, 0.717) is 35.1 Å². The first-order valence-corrected chi connectivity index (χ1v) is 15.1. The fourth-order valence-corrected chi connectivity index (χ4v) is 5.42. The van der Waals surface area contributed by atoms with Gasteiger partial charge in [0.25, 0.3) is 0 Å². The number of benzene rings is 3. The van der Waals surface area contributed by atoms with Crippen molar-refractivity contribution < 1.29 is 27.5 Å². The van der Waals surface area contributed by atoms with Gasteiger partial charge in [0.1, 0.15) is 12.6 Å². The molecule has 1 aliphatic rings. The van der Waals surface area contributed by atoms with Gasteiger partial charge in [-0.3, -0.25) is 13.9 Å². The first-order valence-electron chi connectivity index (χ1n) is 12.9. The van der Waals surface area contributed by atoms with Gasteiger partial charge in [0.05, 0.1) is 11.9 Å². The summed E-state index contributed by atoms with van der Waals surface area (Å²) in [6, 6.07) is 20.2. The lowest BCUT2D eigenvalue weighted by Crippen LogP contribution is -2.53. The van der Waals surface area contributed by atoms with Crippen LogP contribution in [0.3, 0.4) is 0 Å². The number of amides is 2. The Hall–Kier alpha value is -3.76. The molecule has 0 saturated heterocycles. The van der Waals surface area contributed by atoms with Gasteiger partial charge in [-0.1, -0.05) is 67.1 Å². The molecular formula is C29H32ClN3O6S. The van der Waals surface area contributed by atoms with Crippen LogP contribution in [0.5, 0.6) is 11.5 Å². The summed E-state index contributed by atoms with van der Waals surface area (Å²) in [5, 5.41) is 3.34. The zero-order valence-electron chi connectivity index (χ0n) is 22.4. The molecule has 4 rings (SSSR count). The number of sulfonamides is 1. The Kier molecular flexibility index (Phi) is 9.54. The first kappa shape index (κ1) is 29.2. The van der Waals surface area contributed by atoms with Crippen LogP contribution in [-0.2, 0) is 32.6 Å². The summed E-state index contributed by atoms with van der Waals surface area (Å²) in [4.78, 5) is 29.0. The SMILES string of the molecule is CCCNC(=O)C(Cc1ccccc1)N(Cc1ccccc1Cl)C(=O)CN(c1ccc2c(c1)OCO2)S(C)(=O)=O. The molecule has 1 unspecified atom stereocenters. The van der Waals surface area contributed by atoms with Crippen LogP contribution in [0, 0.1) is 0 Å². The minimum atomic E-state index is -3.90. The van der Waals surface area contributed by atoms with Gasteiger partial charge in [-0.15, -0.1) is 0 Å². The van der Waals surface area contributed by atoms with Crippen molar-refractivity contribution in [2.75, 3.05) is 30.4 Å². The van der Waals surface area contributed by atoms with Crippen LogP contribution in [0.25, 0.3) is 0 Å². The van der Waals surface area contributed by atoms with Gasteiger partial charge < -0.3 is 19.7 Å². The Morgan fingerprint density at radius 2 is 1.70 bits per heavy atom. The van der Waals surface area contributed by atoms with Crippen LogP contribution in [0.2, 0.25) is 5.02 Å². The molecule has 0 saturated carbocycles. The second-order valence-electron chi connectivity index (χ2n) is 9.42. The number of ether oxygens (including phenoxy) is 2. The van der Waals surface area contributed by atoms with E-state index in [0.717, 1.165) is 16.1 Å². The van der Waals surface area contributed by atoms with E-state index in [1.54, 1.807) is 36.4 Å². The first-order chi connectivity index (χ1) is 19.2. The second-order valence-corrected chi connectivity index (χ2v) is 11.7. The number of hydrogen-bond donors (Lipinski definition) is 1. The van der Waals surface area contributed by atoms with Gasteiger partial charge in [-0.2, -0.15) is 0 Å². The third-order valence-corrected chi connectivity index (χ3v) is 7.95. The fourth-order valence-electron chi connectivity index (χ4n) is 4.38. The lowest BCUT2D eigenvalue weighted by molar-refractivity contribution is -0.140. The molecule has 212 valence electrons. The molecule has 1 aliphatic heterocycles. The van der Waals surface area contributed by atoms with E-state index >= 15 is 0 Å². The molecule has 1 heterocycles. The maximum atomic E-state index is 14.1. The van der Waals surface area contributed by atoms with Crippen molar-refractivity contribution in [1.29, 1.82) is 0 Å². The Morgan fingerprint density at radius 1 is 1.00 bits per heavy atom. The molecule has 0 bridgehead atoms. The van der Waals surface area contributed by atoms with E-state index < -0.39 is 28.5 Å². The Bertz CT molecular complexity index is 1450. The molecule has 11 heteroatoms. The van der Waals surface area contributed by atoms with Crippen LogP contribution in [-0.4, -0.2) is 57.3 Å². The van der Waals surface area contributed by atoms with Crippen LogP contribution in [0.15, 0.2) is 72.8 Å². The number of halogens is 1. The third kappa shape index (κ3) is 7.25. The third-order valence-electron chi connectivity index (χ3n) is 6.44. The van der Waals surface area contributed by atoms with Crippen molar-refractivity contribution in [2.45, 2.75) is 32.4 Å². The summed E-state index contributed by atoms with van der Waals surface area (Å²) < 4.78 is 37.6.